The fourth-order valence-corrected chi connectivity index (χ4v) is 4.68. The third-order valence-electron chi connectivity index (χ3n) is 6.38. The van der Waals surface area contributed by atoms with Crippen LogP contribution in [-0.4, -0.2) is 28.4 Å². The van der Waals surface area contributed by atoms with E-state index in [1.165, 1.54) is 11.1 Å². The Morgan fingerprint density at radius 1 is 1.12 bits per heavy atom. The summed E-state index contributed by atoms with van der Waals surface area (Å²) in [7, 11) is 1.67. The van der Waals surface area contributed by atoms with E-state index >= 15 is 0 Å². The quantitative estimate of drug-likeness (QED) is 0.286. The number of benzene rings is 2. The van der Waals surface area contributed by atoms with Crippen molar-refractivity contribution in [2.75, 3.05) is 18.6 Å². The summed E-state index contributed by atoms with van der Waals surface area (Å²) < 4.78 is 7.43. The number of ether oxygens (including phenoxy) is 1. The fraction of sp³-hybridized carbons (Fsp3) is 0.481. The molecule has 184 valence electrons. The molecule has 1 saturated carbocycles. The Morgan fingerprint density at radius 2 is 1.82 bits per heavy atom. The second-order valence-corrected chi connectivity index (χ2v) is 9.55. The van der Waals surface area contributed by atoms with Gasteiger partial charge in [-0.05, 0) is 56.7 Å². The highest BCUT2D eigenvalue weighted by Gasteiger charge is 2.33. The summed E-state index contributed by atoms with van der Waals surface area (Å²) in [5.74, 6) is 3.03. The van der Waals surface area contributed by atoms with E-state index in [1.54, 1.807) is 7.11 Å². The molecule has 4 rings (SSSR count). The van der Waals surface area contributed by atoms with Crippen molar-refractivity contribution in [2.24, 2.45) is 0 Å². The fourth-order valence-electron chi connectivity index (χ4n) is 4.45. The molecule has 0 spiro atoms. The zero-order valence-corrected chi connectivity index (χ0v) is 22.4. The maximum atomic E-state index is 6.70. The van der Waals surface area contributed by atoms with Crippen molar-refractivity contribution < 1.29 is 4.74 Å². The van der Waals surface area contributed by atoms with Crippen LogP contribution in [0.25, 0.3) is 5.69 Å². The predicted octanol–water partition coefficient (Wildman–Crippen LogP) is 7.60. The summed E-state index contributed by atoms with van der Waals surface area (Å²) >= 11 is 6.70. The van der Waals surface area contributed by atoms with Crippen molar-refractivity contribution in [2.45, 2.75) is 71.8 Å². The zero-order chi connectivity index (χ0) is 23.5. The first-order chi connectivity index (χ1) is 16.0. The summed E-state index contributed by atoms with van der Waals surface area (Å²) in [6.07, 6.45) is 5.48. The molecule has 0 aliphatic heterocycles. The molecule has 0 bridgehead atoms. The lowest BCUT2D eigenvalue weighted by Gasteiger charge is -2.31. The molecule has 1 aliphatic rings. The number of hydrogen-bond acceptors (Lipinski definition) is 4. The first-order valence-electron chi connectivity index (χ1n) is 12.1. The molecule has 0 N–H and O–H groups in total. The van der Waals surface area contributed by atoms with Crippen LogP contribution in [0.15, 0.2) is 36.4 Å². The minimum absolute atomic E-state index is 0. The van der Waals surface area contributed by atoms with Crippen molar-refractivity contribution in [3.8, 4) is 11.4 Å². The van der Waals surface area contributed by atoms with Crippen LogP contribution in [0.4, 0.5) is 5.95 Å². The smallest absolute Gasteiger partial charge is 0.245 e. The number of nitrogens with zero attached hydrogens (tertiary/aromatic N) is 4. The normalized spacial score (nSPS) is 13.9. The summed E-state index contributed by atoms with van der Waals surface area (Å²) in [6, 6.07) is 13.1. The number of aryl methyl sites for hydroxylation is 2. The lowest BCUT2D eigenvalue weighted by Crippen LogP contribution is -2.30. The molecule has 1 heterocycles. The Balaban J connectivity index is 0.00000324. The van der Waals surface area contributed by atoms with E-state index in [1.807, 2.05) is 17.7 Å². The van der Waals surface area contributed by atoms with Crippen molar-refractivity contribution >= 4 is 30.0 Å². The van der Waals surface area contributed by atoms with Gasteiger partial charge in [-0.15, -0.1) is 17.5 Å². The van der Waals surface area contributed by atoms with E-state index < -0.39 is 0 Å². The topological polar surface area (TPSA) is 43.2 Å². The van der Waals surface area contributed by atoms with Crippen LogP contribution in [0.1, 0.15) is 80.4 Å². The minimum atomic E-state index is 0. The molecule has 34 heavy (non-hydrogen) atoms. The Bertz CT molecular complexity index is 1090. The van der Waals surface area contributed by atoms with Crippen molar-refractivity contribution in [3.63, 3.8) is 0 Å². The average molecular weight is 504 g/mol. The Morgan fingerprint density at radius 3 is 2.41 bits per heavy atom. The Kier molecular flexibility index (Phi) is 8.89. The molecule has 1 aliphatic carbocycles. The van der Waals surface area contributed by atoms with Crippen LogP contribution in [0.5, 0.6) is 5.75 Å². The van der Waals surface area contributed by atoms with Crippen LogP contribution in [0, 0.1) is 13.8 Å². The monoisotopic (exact) mass is 502 g/mol. The molecule has 1 atom stereocenters. The molecule has 1 aromatic heterocycles. The molecule has 7 heteroatoms. The van der Waals surface area contributed by atoms with E-state index in [2.05, 4.69) is 56.0 Å². The number of anilines is 1. The standard InChI is InChI=1S/C27H35ClN4O.ClH/c1-6-8-23(20-11-9-18(3)10-12-20)31(15-7-2)27-29-26(21-13-14-21)32(30-27)24-16-19(4)25(33-5)17-22(24)28;/h9-12,16-17,21,23H,6-8,13-15H2,1-5H3;1H/t23-;/m0./s1. The number of methoxy groups -OCH3 is 1. The number of aromatic nitrogens is 3. The van der Waals surface area contributed by atoms with E-state index in [0.717, 1.165) is 67.4 Å². The highest BCUT2D eigenvalue weighted by atomic mass is 35.5. The second-order valence-electron chi connectivity index (χ2n) is 9.14. The lowest BCUT2D eigenvalue weighted by molar-refractivity contribution is 0.411. The molecule has 0 saturated heterocycles. The molecule has 0 unspecified atom stereocenters. The van der Waals surface area contributed by atoms with E-state index in [9.17, 15) is 0 Å². The van der Waals surface area contributed by atoms with Crippen molar-refractivity contribution in [1.82, 2.24) is 14.8 Å². The number of halogens is 2. The second kappa shape index (κ2) is 11.5. The third-order valence-corrected chi connectivity index (χ3v) is 6.68. The van der Waals surface area contributed by atoms with Gasteiger partial charge in [-0.1, -0.05) is 61.7 Å². The van der Waals surface area contributed by atoms with Crippen LogP contribution in [0.3, 0.4) is 0 Å². The molecular formula is C27H36Cl2N4O. The molecule has 3 aromatic rings. The molecular weight excluding hydrogens is 467 g/mol. The maximum absolute atomic E-state index is 6.70. The van der Waals surface area contributed by atoms with Crippen LogP contribution in [0.2, 0.25) is 5.02 Å². The van der Waals surface area contributed by atoms with Gasteiger partial charge < -0.3 is 9.64 Å². The summed E-state index contributed by atoms with van der Waals surface area (Å²) in [5, 5.41) is 5.70. The van der Waals surface area contributed by atoms with Gasteiger partial charge in [0, 0.05) is 18.5 Å². The van der Waals surface area contributed by atoms with Gasteiger partial charge in [0.2, 0.25) is 5.95 Å². The van der Waals surface area contributed by atoms with Gasteiger partial charge in [0.15, 0.2) is 0 Å². The van der Waals surface area contributed by atoms with Gasteiger partial charge in [-0.25, -0.2) is 4.68 Å². The molecule has 0 radical (unpaired) electrons. The van der Waals surface area contributed by atoms with Crippen LogP contribution in [-0.2, 0) is 0 Å². The van der Waals surface area contributed by atoms with E-state index in [0.29, 0.717) is 10.9 Å². The van der Waals surface area contributed by atoms with Gasteiger partial charge in [-0.3, -0.25) is 0 Å². The highest BCUT2D eigenvalue weighted by Crippen LogP contribution is 2.42. The SMILES string of the molecule is CCC[C@@H](c1ccc(C)cc1)N(CCC)c1nc(C2CC2)n(-c2cc(C)c(OC)cc2Cl)n1.Cl. The van der Waals surface area contributed by atoms with Gasteiger partial charge >= 0.3 is 0 Å². The van der Waals surface area contributed by atoms with Gasteiger partial charge in [0.05, 0.1) is 23.9 Å². The van der Waals surface area contributed by atoms with Crippen LogP contribution >= 0.6 is 24.0 Å². The summed E-state index contributed by atoms with van der Waals surface area (Å²) in [6.45, 7) is 9.53. The van der Waals surface area contributed by atoms with Crippen molar-refractivity contribution in [1.29, 1.82) is 0 Å². The van der Waals surface area contributed by atoms with Gasteiger partial charge in [0.25, 0.3) is 0 Å². The first kappa shape index (κ1) is 26.4. The van der Waals surface area contributed by atoms with E-state index in [4.69, 9.17) is 26.4 Å². The third kappa shape index (κ3) is 5.52. The largest absolute Gasteiger partial charge is 0.496 e. The molecule has 5 nitrogen and oxygen atoms in total. The highest BCUT2D eigenvalue weighted by molar-refractivity contribution is 6.32. The van der Waals surface area contributed by atoms with Crippen LogP contribution < -0.4 is 9.64 Å². The maximum Gasteiger partial charge on any atom is 0.245 e. The number of hydrogen-bond donors (Lipinski definition) is 0. The van der Waals surface area contributed by atoms with Gasteiger partial charge in [-0.2, -0.15) is 4.98 Å². The summed E-state index contributed by atoms with van der Waals surface area (Å²) in [5.41, 5.74) is 4.50. The lowest BCUT2D eigenvalue weighted by atomic mass is 9.99. The zero-order valence-electron chi connectivity index (χ0n) is 20.8. The average Bonchev–Trinajstić information content (AvgIpc) is 3.57. The number of rotatable bonds is 10. The van der Waals surface area contributed by atoms with E-state index in [-0.39, 0.29) is 18.4 Å². The first-order valence-corrected chi connectivity index (χ1v) is 12.5. The van der Waals surface area contributed by atoms with Crippen molar-refractivity contribution in [3.05, 3.63) is 63.9 Å². The molecule has 0 amide bonds. The molecule has 2 aromatic carbocycles. The predicted molar refractivity (Wildman–Crippen MR) is 143 cm³/mol. The molecule has 1 fully saturated rings. The minimum Gasteiger partial charge on any atom is -0.496 e. The Labute approximate surface area is 214 Å². The Hall–Kier alpha value is -2.24. The van der Waals surface area contributed by atoms with Gasteiger partial charge in [0.1, 0.15) is 11.6 Å². The summed E-state index contributed by atoms with van der Waals surface area (Å²) in [4.78, 5) is 7.50.